The van der Waals surface area contributed by atoms with Crippen molar-refractivity contribution in [1.82, 2.24) is 0 Å². The number of nitrogens with zero attached hydrogens (tertiary/aromatic N) is 1. The normalized spacial score (nSPS) is 12.1. The number of anilines is 1. The third-order valence-corrected chi connectivity index (χ3v) is 5.72. The van der Waals surface area contributed by atoms with Crippen LogP contribution in [0.15, 0.2) is 47.4 Å². The number of benzene rings is 2. The minimum absolute atomic E-state index is 0.0483. The number of methoxy groups -OCH3 is 1. The van der Waals surface area contributed by atoms with Crippen molar-refractivity contribution in [3.8, 4) is 5.75 Å². The lowest BCUT2D eigenvalue weighted by molar-refractivity contribution is -0.137. The van der Waals surface area contributed by atoms with Crippen LogP contribution in [0.4, 0.5) is 18.9 Å². The fraction of sp³-hybridized carbons (Fsp3) is 0.250. The Morgan fingerprint density at radius 2 is 1.72 bits per heavy atom. The maximum Gasteiger partial charge on any atom is 0.417 e. The van der Waals surface area contributed by atoms with Crippen molar-refractivity contribution in [2.75, 3.05) is 18.0 Å². The Morgan fingerprint density at radius 1 is 1.12 bits per heavy atom. The number of ether oxygens (including phenoxy) is 1. The van der Waals surface area contributed by atoms with Gasteiger partial charge in [0.25, 0.3) is 10.0 Å². The molecule has 0 aliphatic heterocycles. The molecule has 0 saturated carbocycles. The fourth-order valence-corrected chi connectivity index (χ4v) is 3.94. The van der Waals surface area contributed by atoms with E-state index in [9.17, 15) is 21.6 Å². The third-order valence-electron chi connectivity index (χ3n) is 3.48. The lowest BCUT2D eigenvalue weighted by atomic mass is 10.2. The van der Waals surface area contributed by atoms with E-state index in [1.54, 1.807) is 0 Å². The van der Waals surface area contributed by atoms with Gasteiger partial charge in [0.15, 0.2) is 0 Å². The molecule has 0 heterocycles. The zero-order valence-corrected chi connectivity index (χ0v) is 14.9. The quantitative estimate of drug-likeness (QED) is 0.746. The smallest absolute Gasteiger partial charge is 0.417 e. The van der Waals surface area contributed by atoms with Crippen molar-refractivity contribution in [2.24, 2.45) is 0 Å². The minimum Gasteiger partial charge on any atom is -0.497 e. The second-order valence-corrected chi connectivity index (χ2v) is 7.28. The first kappa shape index (κ1) is 19.4. The van der Waals surface area contributed by atoms with E-state index in [0.717, 1.165) is 16.4 Å². The average Bonchev–Trinajstić information content (AvgIpc) is 2.55. The van der Waals surface area contributed by atoms with Crippen LogP contribution in [0.2, 0.25) is 5.02 Å². The molecule has 0 fully saturated rings. The lowest BCUT2D eigenvalue weighted by Crippen LogP contribution is -2.31. The fourth-order valence-electron chi connectivity index (χ4n) is 2.25. The molecule has 2 aromatic rings. The summed E-state index contributed by atoms with van der Waals surface area (Å²) in [6.45, 7) is 1.48. The van der Waals surface area contributed by atoms with Crippen molar-refractivity contribution in [3.63, 3.8) is 0 Å². The van der Waals surface area contributed by atoms with Crippen LogP contribution < -0.4 is 9.04 Å². The van der Waals surface area contributed by atoms with Gasteiger partial charge in [0.2, 0.25) is 0 Å². The molecule has 0 saturated heterocycles. The van der Waals surface area contributed by atoms with Crippen molar-refractivity contribution >= 4 is 27.3 Å². The molecule has 0 unspecified atom stereocenters. The molecule has 0 bridgehead atoms. The van der Waals surface area contributed by atoms with Crippen molar-refractivity contribution in [1.29, 1.82) is 0 Å². The summed E-state index contributed by atoms with van der Waals surface area (Å²) in [5, 5.41) is -0.492. The molecular weight excluding hydrogens is 379 g/mol. The van der Waals surface area contributed by atoms with Gasteiger partial charge in [0.05, 0.1) is 28.3 Å². The SMILES string of the molecule is CCN(c1ccc(Cl)c(C(F)(F)F)c1)S(=O)(=O)c1ccc(OC)cc1. The molecule has 0 aliphatic carbocycles. The number of alkyl halides is 3. The number of hydrogen-bond acceptors (Lipinski definition) is 3. The van der Waals surface area contributed by atoms with Gasteiger partial charge in [-0.2, -0.15) is 13.2 Å². The van der Waals surface area contributed by atoms with Gasteiger partial charge >= 0.3 is 6.18 Å². The van der Waals surface area contributed by atoms with Gasteiger partial charge in [0.1, 0.15) is 5.75 Å². The van der Waals surface area contributed by atoms with Gasteiger partial charge in [-0.05, 0) is 49.4 Å². The van der Waals surface area contributed by atoms with Gasteiger partial charge in [-0.25, -0.2) is 8.42 Å². The van der Waals surface area contributed by atoms with E-state index >= 15 is 0 Å². The molecule has 0 atom stereocenters. The monoisotopic (exact) mass is 393 g/mol. The highest BCUT2D eigenvalue weighted by Crippen LogP contribution is 2.38. The summed E-state index contributed by atoms with van der Waals surface area (Å²) in [6.07, 6.45) is -4.68. The summed E-state index contributed by atoms with van der Waals surface area (Å²) in [6, 6.07) is 8.59. The number of halogens is 4. The van der Waals surface area contributed by atoms with Crippen LogP contribution in [0, 0.1) is 0 Å². The third kappa shape index (κ3) is 4.01. The Kier molecular flexibility index (Phi) is 5.53. The second-order valence-electron chi connectivity index (χ2n) is 5.01. The Morgan fingerprint density at radius 3 is 2.20 bits per heavy atom. The molecule has 0 N–H and O–H groups in total. The van der Waals surface area contributed by atoms with E-state index in [1.807, 2.05) is 0 Å². The van der Waals surface area contributed by atoms with E-state index in [0.29, 0.717) is 5.75 Å². The van der Waals surface area contributed by atoms with Crippen molar-refractivity contribution in [2.45, 2.75) is 18.0 Å². The average molecular weight is 394 g/mol. The van der Waals surface area contributed by atoms with E-state index in [1.165, 1.54) is 44.4 Å². The molecule has 0 aliphatic rings. The van der Waals surface area contributed by atoms with E-state index in [4.69, 9.17) is 16.3 Å². The first-order chi connectivity index (χ1) is 11.6. The van der Waals surface area contributed by atoms with Crippen LogP contribution in [0.25, 0.3) is 0 Å². The first-order valence-electron chi connectivity index (χ1n) is 7.14. The summed E-state index contributed by atoms with van der Waals surface area (Å²) in [5.74, 6) is 0.466. The van der Waals surface area contributed by atoms with Crippen LogP contribution >= 0.6 is 11.6 Å². The molecule has 25 heavy (non-hydrogen) atoms. The molecule has 4 nitrogen and oxygen atoms in total. The van der Waals surface area contributed by atoms with Crippen molar-refractivity contribution in [3.05, 3.63) is 53.1 Å². The molecule has 9 heteroatoms. The largest absolute Gasteiger partial charge is 0.497 e. The zero-order chi connectivity index (χ0) is 18.8. The Labute approximate surface area is 148 Å². The van der Waals surface area contributed by atoms with E-state index < -0.39 is 26.8 Å². The summed E-state index contributed by atoms with van der Waals surface area (Å²) < 4.78 is 70.5. The van der Waals surface area contributed by atoms with Crippen LogP contribution in [0.3, 0.4) is 0 Å². The van der Waals surface area contributed by atoms with Crippen molar-refractivity contribution < 1.29 is 26.3 Å². The second kappa shape index (κ2) is 7.13. The van der Waals surface area contributed by atoms with Gasteiger partial charge in [-0.1, -0.05) is 11.6 Å². The summed E-state index contributed by atoms with van der Waals surface area (Å²) >= 11 is 5.59. The maximum atomic E-state index is 13.0. The highest BCUT2D eigenvalue weighted by atomic mass is 35.5. The van der Waals surface area contributed by atoms with Gasteiger partial charge in [-0.15, -0.1) is 0 Å². The number of hydrogen-bond donors (Lipinski definition) is 0. The first-order valence-corrected chi connectivity index (χ1v) is 8.96. The lowest BCUT2D eigenvalue weighted by Gasteiger charge is -2.24. The summed E-state index contributed by atoms with van der Waals surface area (Å²) in [7, 11) is -2.60. The Bertz CT molecular complexity index is 852. The van der Waals surface area contributed by atoms with Crippen LogP contribution in [0.1, 0.15) is 12.5 Å². The number of rotatable bonds is 5. The predicted octanol–water partition coefficient (Wildman–Crippen LogP) is 4.58. The standard InChI is InChI=1S/C16H15ClF3NO3S/c1-3-21(11-4-9-15(17)14(10-11)16(18,19)20)25(22,23)13-7-5-12(24-2)6-8-13/h4-10H,3H2,1-2H3. The molecule has 0 aromatic heterocycles. The van der Waals surface area contributed by atoms with Gasteiger partial charge in [-0.3, -0.25) is 4.31 Å². The molecule has 0 spiro atoms. The number of sulfonamides is 1. The highest BCUT2D eigenvalue weighted by Gasteiger charge is 2.34. The Hall–Kier alpha value is -1.93. The van der Waals surface area contributed by atoms with E-state index in [-0.39, 0.29) is 17.1 Å². The summed E-state index contributed by atoms with van der Waals surface area (Å²) in [5.41, 5.74) is -1.20. The van der Waals surface area contributed by atoms with Crippen LogP contribution in [-0.4, -0.2) is 22.1 Å². The predicted molar refractivity (Wildman–Crippen MR) is 89.7 cm³/mol. The van der Waals surface area contributed by atoms with Crippen LogP contribution in [-0.2, 0) is 16.2 Å². The zero-order valence-electron chi connectivity index (χ0n) is 13.3. The van der Waals surface area contributed by atoms with Gasteiger partial charge in [0, 0.05) is 6.54 Å². The van der Waals surface area contributed by atoms with E-state index in [2.05, 4.69) is 0 Å². The Balaban J connectivity index is 2.51. The molecule has 0 amide bonds. The molecule has 2 aromatic carbocycles. The summed E-state index contributed by atoms with van der Waals surface area (Å²) in [4.78, 5) is -0.0568. The molecule has 0 radical (unpaired) electrons. The van der Waals surface area contributed by atoms with Crippen LogP contribution in [0.5, 0.6) is 5.75 Å². The maximum absolute atomic E-state index is 13.0. The highest BCUT2D eigenvalue weighted by molar-refractivity contribution is 7.92. The molecular formula is C16H15ClF3NO3S. The van der Waals surface area contributed by atoms with Gasteiger partial charge < -0.3 is 4.74 Å². The minimum atomic E-state index is -4.68. The molecule has 2 rings (SSSR count). The topological polar surface area (TPSA) is 46.6 Å². The molecule has 136 valence electrons.